The zero-order valence-corrected chi connectivity index (χ0v) is 13.3. The predicted molar refractivity (Wildman–Crippen MR) is 84.8 cm³/mol. The minimum atomic E-state index is 0.000460. The molecule has 3 fully saturated rings. The Morgan fingerprint density at radius 2 is 2.05 bits per heavy atom. The summed E-state index contributed by atoms with van der Waals surface area (Å²) in [5.41, 5.74) is 4.51. The van der Waals surface area contributed by atoms with E-state index in [0.29, 0.717) is 23.7 Å². The third-order valence-electron chi connectivity index (χ3n) is 7.16. The fourth-order valence-corrected chi connectivity index (χ4v) is 5.81. The van der Waals surface area contributed by atoms with Gasteiger partial charge in [-0.15, -0.1) is 0 Å². The molecule has 1 saturated heterocycles. The molecule has 116 valence electrons. The molecule has 2 heteroatoms. The molecule has 5 atom stereocenters. The Labute approximate surface area is 132 Å². The van der Waals surface area contributed by atoms with E-state index in [0.717, 1.165) is 31.8 Å². The second-order valence-electron chi connectivity index (χ2n) is 8.11. The summed E-state index contributed by atoms with van der Waals surface area (Å²) in [6.07, 6.45) is 7.11. The maximum absolute atomic E-state index is 12.4. The lowest BCUT2D eigenvalue weighted by Gasteiger charge is -2.48. The highest BCUT2D eigenvalue weighted by Crippen LogP contribution is 2.59. The van der Waals surface area contributed by atoms with Gasteiger partial charge in [-0.25, -0.2) is 0 Å². The molecule has 0 aromatic heterocycles. The van der Waals surface area contributed by atoms with Crippen LogP contribution in [-0.4, -0.2) is 12.4 Å². The van der Waals surface area contributed by atoms with Gasteiger partial charge in [-0.2, -0.15) is 0 Å². The van der Waals surface area contributed by atoms with Gasteiger partial charge < -0.3 is 4.74 Å². The molecule has 0 radical (unpaired) electrons. The van der Waals surface area contributed by atoms with Gasteiger partial charge in [0.15, 0.2) is 0 Å². The van der Waals surface area contributed by atoms with Crippen molar-refractivity contribution in [3.63, 3.8) is 0 Å². The normalized spacial score (nSPS) is 42.5. The van der Waals surface area contributed by atoms with Gasteiger partial charge in [-0.1, -0.05) is 25.1 Å². The topological polar surface area (TPSA) is 29.6 Å². The Bertz CT molecular complexity index is 645. The highest BCUT2D eigenvalue weighted by atomic mass is 16.6. The SMILES string of the molecule is C[C@]12CC[C@@H]3c4ccc(C5CO5)cc4CC[C@H]3[C@@H]1CCC2=O. The lowest BCUT2D eigenvalue weighted by Crippen LogP contribution is -2.42. The van der Waals surface area contributed by atoms with E-state index in [4.69, 9.17) is 4.74 Å². The molecule has 22 heavy (non-hydrogen) atoms. The van der Waals surface area contributed by atoms with Crippen molar-refractivity contribution in [3.8, 4) is 0 Å². The van der Waals surface area contributed by atoms with Crippen molar-refractivity contribution in [2.75, 3.05) is 6.61 Å². The van der Waals surface area contributed by atoms with E-state index in [9.17, 15) is 4.79 Å². The Kier molecular flexibility index (Phi) is 2.69. The average molecular weight is 296 g/mol. The first-order valence-electron chi connectivity index (χ1n) is 8.94. The number of carbonyl (C=O) groups is 1. The summed E-state index contributed by atoms with van der Waals surface area (Å²) in [5.74, 6) is 2.61. The fraction of sp³-hybridized carbons (Fsp3) is 0.650. The van der Waals surface area contributed by atoms with Crippen molar-refractivity contribution in [3.05, 3.63) is 34.9 Å². The number of aryl methyl sites for hydroxylation is 1. The first-order valence-corrected chi connectivity index (χ1v) is 8.94. The number of carbonyl (C=O) groups excluding carboxylic acids is 1. The molecule has 0 bridgehead atoms. The molecule has 1 aromatic carbocycles. The van der Waals surface area contributed by atoms with Crippen molar-refractivity contribution in [1.82, 2.24) is 0 Å². The quantitative estimate of drug-likeness (QED) is 0.727. The Morgan fingerprint density at radius 1 is 1.18 bits per heavy atom. The summed E-state index contributed by atoms with van der Waals surface area (Å²) in [6.45, 7) is 3.15. The summed E-state index contributed by atoms with van der Waals surface area (Å²) in [6, 6.07) is 7.06. The fourth-order valence-electron chi connectivity index (χ4n) is 5.81. The smallest absolute Gasteiger partial charge is 0.139 e. The van der Waals surface area contributed by atoms with E-state index in [-0.39, 0.29) is 5.41 Å². The summed E-state index contributed by atoms with van der Waals surface area (Å²) >= 11 is 0. The first-order chi connectivity index (χ1) is 10.7. The molecular weight excluding hydrogens is 272 g/mol. The number of epoxide rings is 1. The lowest BCUT2D eigenvalue weighted by atomic mass is 9.55. The van der Waals surface area contributed by atoms with Gasteiger partial charge in [-0.05, 0) is 66.5 Å². The van der Waals surface area contributed by atoms with Crippen LogP contribution in [0.4, 0.5) is 0 Å². The molecule has 1 aromatic rings. The van der Waals surface area contributed by atoms with Crippen LogP contribution in [0.5, 0.6) is 0 Å². The van der Waals surface area contributed by atoms with Gasteiger partial charge in [0.1, 0.15) is 11.9 Å². The van der Waals surface area contributed by atoms with Gasteiger partial charge in [0.05, 0.1) is 6.61 Å². The third kappa shape index (κ3) is 1.73. The molecule has 1 aliphatic heterocycles. The standard InChI is InChI=1S/C20H24O2/c1-20-9-8-15-14-4-3-13(18-11-22-18)10-12(14)2-5-16(15)17(20)6-7-19(20)21/h3-4,10,15-18H,2,5-9,11H2,1H3/t15-,16-,17+,18?,20+/m1/s1. The van der Waals surface area contributed by atoms with Gasteiger partial charge in [0, 0.05) is 11.8 Å². The van der Waals surface area contributed by atoms with Crippen molar-refractivity contribution < 1.29 is 9.53 Å². The van der Waals surface area contributed by atoms with Crippen LogP contribution in [0.2, 0.25) is 0 Å². The van der Waals surface area contributed by atoms with Crippen LogP contribution in [0.15, 0.2) is 18.2 Å². The van der Waals surface area contributed by atoms with Crippen LogP contribution in [0.25, 0.3) is 0 Å². The number of hydrogen-bond donors (Lipinski definition) is 0. The highest BCUT2D eigenvalue weighted by Gasteiger charge is 2.54. The molecule has 2 saturated carbocycles. The molecule has 1 heterocycles. The number of ketones is 1. The van der Waals surface area contributed by atoms with Crippen molar-refractivity contribution in [1.29, 1.82) is 0 Å². The molecular formula is C20H24O2. The van der Waals surface area contributed by atoms with Crippen LogP contribution in [0.3, 0.4) is 0 Å². The van der Waals surface area contributed by atoms with Gasteiger partial charge in [0.25, 0.3) is 0 Å². The maximum atomic E-state index is 12.4. The second kappa shape index (κ2) is 4.44. The molecule has 0 N–H and O–H groups in total. The van der Waals surface area contributed by atoms with E-state index in [1.807, 2.05) is 0 Å². The monoisotopic (exact) mass is 296 g/mol. The van der Waals surface area contributed by atoms with E-state index in [2.05, 4.69) is 25.1 Å². The largest absolute Gasteiger partial charge is 0.368 e. The highest BCUT2D eigenvalue weighted by molar-refractivity contribution is 5.87. The van der Waals surface area contributed by atoms with Crippen LogP contribution < -0.4 is 0 Å². The van der Waals surface area contributed by atoms with Crippen molar-refractivity contribution in [2.45, 2.75) is 57.5 Å². The Hall–Kier alpha value is -1.15. The molecule has 5 rings (SSSR count). The maximum Gasteiger partial charge on any atom is 0.139 e. The minimum Gasteiger partial charge on any atom is -0.368 e. The minimum absolute atomic E-state index is 0.000460. The van der Waals surface area contributed by atoms with Crippen LogP contribution >= 0.6 is 0 Å². The summed E-state index contributed by atoms with van der Waals surface area (Å²) < 4.78 is 5.44. The number of ether oxygens (including phenoxy) is 1. The number of hydrogen-bond acceptors (Lipinski definition) is 2. The van der Waals surface area contributed by atoms with Crippen LogP contribution in [0, 0.1) is 17.3 Å². The Morgan fingerprint density at radius 3 is 2.86 bits per heavy atom. The molecule has 0 spiro atoms. The molecule has 4 aliphatic rings. The first kappa shape index (κ1) is 13.3. The van der Waals surface area contributed by atoms with Gasteiger partial charge >= 0.3 is 0 Å². The molecule has 1 unspecified atom stereocenters. The molecule has 3 aliphatic carbocycles. The van der Waals surface area contributed by atoms with Gasteiger partial charge in [-0.3, -0.25) is 4.79 Å². The molecule has 0 amide bonds. The number of Topliss-reactive ketones (excluding diaryl/α,β-unsaturated/α-hetero) is 1. The average Bonchev–Trinajstić information content (AvgIpc) is 3.33. The van der Waals surface area contributed by atoms with Crippen molar-refractivity contribution in [2.24, 2.45) is 17.3 Å². The summed E-state index contributed by atoms with van der Waals surface area (Å²) in [4.78, 5) is 12.4. The van der Waals surface area contributed by atoms with Crippen LogP contribution in [0.1, 0.15) is 67.7 Å². The second-order valence-corrected chi connectivity index (χ2v) is 8.11. The zero-order valence-electron chi connectivity index (χ0n) is 13.3. The van der Waals surface area contributed by atoms with Crippen LogP contribution in [-0.2, 0) is 16.0 Å². The predicted octanol–water partition coefficient (Wildman–Crippen LogP) is 4.18. The van der Waals surface area contributed by atoms with Gasteiger partial charge in [0.2, 0.25) is 0 Å². The Balaban J connectivity index is 1.50. The zero-order chi connectivity index (χ0) is 14.9. The summed E-state index contributed by atoms with van der Waals surface area (Å²) in [7, 11) is 0. The van der Waals surface area contributed by atoms with E-state index < -0.39 is 0 Å². The van der Waals surface area contributed by atoms with E-state index >= 15 is 0 Å². The summed E-state index contributed by atoms with van der Waals surface area (Å²) in [5, 5.41) is 0. The lowest BCUT2D eigenvalue weighted by molar-refractivity contribution is -0.129. The van der Waals surface area contributed by atoms with E-state index in [1.165, 1.54) is 24.8 Å². The van der Waals surface area contributed by atoms with Crippen molar-refractivity contribution >= 4 is 5.78 Å². The number of benzene rings is 1. The van der Waals surface area contributed by atoms with E-state index in [1.54, 1.807) is 11.1 Å². The third-order valence-corrected chi connectivity index (χ3v) is 7.16. The number of fused-ring (bicyclic) bond motifs is 5. The molecule has 2 nitrogen and oxygen atoms in total. The number of rotatable bonds is 1.